The average Bonchev–Trinajstić information content (AvgIpc) is 3.54. The van der Waals surface area contributed by atoms with Crippen molar-refractivity contribution in [2.75, 3.05) is 11.9 Å². The number of furan rings is 1. The van der Waals surface area contributed by atoms with Crippen molar-refractivity contribution in [3.05, 3.63) is 107 Å². The predicted molar refractivity (Wildman–Crippen MR) is 155 cm³/mol. The number of carbonyl (C=O) groups is 1. The second-order valence-electron chi connectivity index (χ2n) is 9.29. The molecule has 4 aromatic rings. The number of aromatic nitrogens is 1. The van der Waals surface area contributed by atoms with Gasteiger partial charge in [-0.05, 0) is 73.1 Å². The van der Waals surface area contributed by atoms with E-state index in [-0.39, 0.29) is 24.4 Å². The quantitative estimate of drug-likeness (QED) is 0.236. The second kappa shape index (κ2) is 11.4. The number of thiocarbonyl (C=S) groups is 1. The third kappa shape index (κ3) is 5.44. The number of para-hydroxylation sites is 1. The minimum Gasteiger partial charge on any atom is -0.459 e. The van der Waals surface area contributed by atoms with Crippen LogP contribution < -0.4 is 10.6 Å². The highest BCUT2D eigenvalue weighted by atomic mass is 35.5. The molecule has 1 aliphatic rings. The first-order valence-electron chi connectivity index (χ1n) is 12.7. The third-order valence-electron chi connectivity index (χ3n) is 6.82. The van der Waals surface area contributed by atoms with E-state index in [1.165, 1.54) is 0 Å². The highest BCUT2D eigenvalue weighted by Gasteiger charge is 2.41. The average molecular weight is 545 g/mol. The number of carbonyl (C=O) groups excluding carboxylic acids is 1. The van der Waals surface area contributed by atoms with E-state index in [0.717, 1.165) is 40.3 Å². The summed E-state index contributed by atoms with van der Waals surface area (Å²) < 4.78 is 6.38. The lowest BCUT2D eigenvalue weighted by Crippen LogP contribution is -2.32. The van der Waals surface area contributed by atoms with Crippen LogP contribution in [0.4, 0.5) is 5.69 Å². The van der Waals surface area contributed by atoms with Crippen molar-refractivity contribution in [3.8, 4) is 11.3 Å². The van der Waals surface area contributed by atoms with E-state index >= 15 is 0 Å². The largest absolute Gasteiger partial charge is 0.459 e. The van der Waals surface area contributed by atoms with Crippen LogP contribution in [0.1, 0.15) is 48.0 Å². The van der Waals surface area contributed by atoms with Gasteiger partial charge in [-0.3, -0.25) is 9.78 Å². The maximum atomic E-state index is 12.9. The van der Waals surface area contributed by atoms with Crippen molar-refractivity contribution in [2.24, 2.45) is 0 Å². The van der Waals surface area contributed by atoms with Crippen LogP contribution in [0.5, 0.6) is 0 Å². The van der Waals surface area contributed by atoms with Crippen LogP contribution in [-0.2, 0) is 11.2 Å². The molecule has 1 amide bonds. The van der Waals surface area contributed by atoms with Crippen molar-refractivity contribution in [1.29, 1.82) is 0 Å². The molecule has 1 saturated heterocycles. The molecule has 0 aliphatic carbocycles. The summed E-state index contributed by atoms with van der Waals surface area (Å²) >= 11 is 12.1. The summed E-state index contributed by atoms with van der Waals surface area (Å²) in [5.74, 6) is 1.38. The second-order valence-corrected chi connectivity index (χ2v) is 10.1. The molecule has 2 aromatic carbocycles. The highest BCUT2D eigenvalue weighted by Crippen LogP contribution is 2.40. The fraction of sp³-hybridized carbons (Fsp3) is 0.233. The molecule has 2 N–H and O–H groups in total. The van der Waals surface area contributed by atoms with Crippen LogP contribution in [0.3, 0.4) is 0 Å². The Labute approximate surface area is 233 Å². The van der Waals surface area contributed by atoms with Crippen LogP contribution in [-0.4, -0.2) is 27.4 Å². The molecule has 1 aliphatic heterocycles. The number of anilines is 1. The zero-order chi connectivity index (χ0) is 26.6. The van der Waals surface area contributed by atoms with Gasteiger partial charge in [0.2, 0.25) is 5.91 Å². The number of amides is 1. The van der Waals surface area contributed by atoms with Gasteiger partial charge in [-0.25, -0.2) is 0 Å². The lowest BCUT2D eigenvalue weighted by Gasteiger charge is -2.26. The van der Waals surface area contributed by atoms with Gasteiger partial charge in [-0.1, -0.05) is 54.9 Å². The first-order chi connectivity index (χ1) is 18.4. The number of nitrogens with one attached hydrogen (secondary N) is 2. The Morgan fingerprint density at radius 3 is 2.71 bits per heavy atom. The Hall–Kier alpha value is -3.68. The Balaban J connectivity index is 1.40. The van der Waals surface area contributed by atoms with Gasteiger partial charge < -0.3 is 20.0 Å². The zero-order valence-corrected chi connectivity index (χ0v) is 22.9. The van der Waals surface area contributed by atoms with Crippen molar-refractivity contribution in [1.82, 2.24) is 15.2 Å². The van der Waals surface area contributed by atoms with Crippen LogP contribution >= 0.6 is 23.8 Å². The Bertz CT molecular complexity index is 1460. The molecule has 2 atom stereocenters. The van der Waals surface area contributed by atoms with Crippen LogP contribution in [0.15, 0.2) is 83.4 Å². The van der Waals surface area contributed by atoms with Gasteiger partial charge in [0.25, 0.3) is 0 Å². The van der Waals surface area contributed by atoms with Gasteiger partial charge >= 0.3 is 0 Å². The Morgan fingerprint density at radius 2 is 1.95 bits per heavy atom. The van der Waals surface area contributed by atoms with Crippen molar-refractivity contribution >= 4 is 40.5 Å². The summed E-state index contributed by atoms with van der Waals surface area (Å²) in [6.07, 6.45) is 2.88. The topological polar surface area (TPSA) is 70.4 Å². The molecule has 5 rings (SSSR count). The maximum absolute atomic E-state index is 12.9. The first-order valence-corrected chi connectivity index (χ1v) is 13.4. The van der Waals surface area contributed by atoms with Crippen molar-refractivity contribution in [3.63, 3.8) is 0 Å². The van der Waals surface area contributed by atoms with Gasteiger partial charge in [0.05, 0.1) is 11.7 Å². The number of rotatable bonds is 8. The van der Waals surface area contributed by atoms with Gasteiger partial charge in [-0.15, -0.1) is 0 Å². The molecular weight excluding hydrogens is 516 g/mol. The highest BCUT2D eigenvalue weighted by molar-refractivity contribution is 7.80. The molecule has 0 radical (unpaired) electrons. The molecule has 3 heterocycles. The third-order valence-corrected chi connectivity index (χ3v) is 7.58. The van der Waals surface area contributed by atoms with Crippen LogP contribution in [0.25, 0.3) is 11.3 Å². The molecule has 38 heavy (non-hydrogen) atoms. The maximum Gasteiger partial charge on any atom is 0.226 e. The smallest absolute Gasteiger partial charge is 0.226 e. The van der Waals surface area contributed by atoms with Crippen LogP contribution in [0, 0.1) is 6.92 Å². The molecule has 194 valence electrons. The number of hydrogen-bond donors (Lipinski definition) is 2. The van der Waals surface area contributed by atoms with Gasteiger partial charge in [0.1, 0.15) is 17.6 Å². The van der Waals surface area contributed by atoms with E-state index in [2.05, 4.69) is 22.5 Å². The van der Waals surface area contributed by atoms with Gasteiger partial charge in [0, 0.05) is 35.4 Å². The molecule has 6 nitrogen and oxygen atoms in total. The molecular formula is C30H29ClN4O2S. The van der Waals surface area contributed by atoms with Crippen LogP contribution in [0.2, 0.25) is 5.02 Å². The Kier molecular flexibility index (Phi) is 7.77. The number of nitrogens with zero attached hydrogens (tertiary/aromatic N) is 2. The van der Waals surface area contributed by atoms with Crippen molar-refractivity contribution in [2.45, 2.75) is 38.8 Å². The van der Waals surface area contributed by atoms with E-state index in [0.29, 0.717) is 22.4 Å². The number of benzene rings is 2. The van der Waals surface area contributed by atoms with E-state index < -0.39 is 0 Å². The molecule has 0 bridgehead atoms. The Morgan fingerprint density at radius 1 is 1.13 bits per heavy atom. The number of pyridine rings is 1. The summed E-state index contributed by atoms with van der Waals surface area (Å²) in [4.78, 5) is 19.5. The predicted octanol–water partition coefficient (Wildman–Crippen LogP) is 6.87. The number of aryl methyl sites for hydroxylation is 2. The molecule has 8 heteroatoms. The lowest BCUT2D eigenvalue weighted by molar-refractivity contribution is -0.116. The minimum atomic E-state index is -0.275. The van der Waals surface area contributed by atoms with E-state index in [9.17, 15) is 4.79 Å². The lowest BCUT2D eigenvalue weighted by atomic mass is 10.0. The normalized spacial score (nSPS) is 16.9. The fourth-order valence-electron chi connectivity index (χ4n) is 4.75. The summed E-state index contributed by atoms with van der Waals surface area (Å²) in [5.41, 5.74) is 4.70. The van der Waals surface area contributed by atoms with E-state index in [1.807, 2.05) is 84.6 Å². The van der Waals surface area contributed by atoms with Gasteiger partial charge in [0.15, 0.2) is 5.11 Å². The summed E-state index contributed by atoms with van der Waals surface area (Å²) in [7, 11) is 0. The summed E-state index contributed by atoms with van der Waals surface area (Å²) in [6.45, 7) is 4.47. The summed E-state index contributed by atoms with van der Waals surface area (Å²) in [5, 5.41) is 7.71. The molecule has 0 saturated carbocycles. The van der Waals surface area contributed by atoms with E-state index in [1.54, 1.807) is 6.20 Å². The fourth-order valence-corrected chi connectivity index (χ4v) is 5.27. The standard InChI is InChI=1S/C30H29ClN4O2S/c1-3-20-8-4-5-9-23(20)33-27(36)15-17-35-29(28(34-30(35)38)24-10-6-7-16-32-24)26-14-13-25(37-26)21-12-11-19(2)22(31)18-21/h4-14,16,18,28-29H,3,15,17H2,1-2H3,(H,33,36)(H,34,38). The molecule has 1 fully saturated rings. The monoisotopic (exact) mass is 544 g/mol. The molecule has 0 spiro atoms. The van der Waals surface area contributed by atoms with Crippen molar-refractivity contribution < 1.29 is 9.21 Å². The number of hydrogen-bond acceptors (Lipinski definition) is 4. The molecule has 2 unspecified atom stereocenters. The summed E-state index contributed by atoms with van der Waals surface area (Å²) in [6, 6.07) is 22.9. The van der Waals surface area contributed by atoms with Gasteiger partial charge in [-0.2, -0.15) is 0 Å². The molecule has 2 aromatic heterocycles. The minimum absolute atomic E-state index is 0.0665. The SMILES string of the molecule is CCc1ccccc1NC(=O)CCN1C(=S)NC(c2ccccn2)C1c1ccc(-c2ccc(C)c(Cl)c2)o1. The zero-order valence-electron chi connectivity index (χ0n) is 21.3. The first kappa shape index (κ1) is 25.9. The number of halogens is 1. The van der Waals surface area contributed by atoms with E-state index in [4.69, 9.17) is 28.2 Å².